The molecule has 27 heavy (non-hydrogen) atoms. The molecule has 0 radical (unpaired) electrons. The highest BCUT2D eigenvalue weighted by molar-refractivity contribution is 6.04. The van der Waals surface area contributed by atoms with Gasteiger partial charge in [0.1, 0.15) is 0 Å². The van der Waals surface area contributed by atoms with E-state index in [1.807, 2.05) is 38.1 Å². The summed E-state index contributed by atoms with van der Waals surface area (Å²) in [5, 5.41) is 3.00. The molecule has 0 saturated carbocycles. The molecule has 3 nitrogen and oxygen atoms in total. The molecule has 1 amide bonds. The lowest BCUT2D eigenvalue weighted by Crippen LogP contribution is -2.19. The number of benzene rings is 3. The van der Waals surface area contributed by atoms with Crippen molar-refractivity contribution in [1.82, 2.24) is 0 Å². The lowest BCUT2D eigenvalue weighted by Gasteiger charge is -2.19. The summed E-state index contributed by atoms with van der Waals surface area (Å²) in [6.07, 6.45) is 1.10. The summed E-state index contributed by atoms with van der Waals surface area (Å²) in [6.45, 7) is 5.99. The summed E-state index contributed by atoms with van der Waals surface area (Å²) >= 11 is 0. The Labute approximate surface area is 160 Å². The molecule has 3 aromatic rings. The number of carbonyl (C=O) groups excluding carboxylic acids is 1. The van der Waals surface area contributed by atoms with Crippen molar-refractivity contribution in [3.05, 3.63) is 94.5 Å². The first-order valence-electron chi connectivity index (χ1n) is 9.40. The van der Waals surface area contributed by atoms with E-state index < -0.39 is 0 Å². The van der Waals surface area contributed by atoms with Crippen molar-refractivity contribution in [3.63, 3.8) is 0 Å². The van der Waals surface area contributed by atoms with E-state index in [-0.39, 0.29) is 5.91 Å². The fourth-order valence-electron chi connectivity index (χ4n) is 3.80. The zero-order valence-electron chi connectivity index (χ0n) is 15.8. The van der Waals surface area contributed by atoms with Crippen molar-refractivity contribution in [2.45, 2.75) is 26.8 Å². The molecule has 4 rings (SSSR count). The van der Waals surface area contributed by atoms with Gasteiger partial charge < -0.3 is 10.2 Å². The summed E-state index contributed by atoms with van der Waals surface area (Å²) in [7, 11) is 0. The molecule has 1 N–H and O–H groups in total. The average Bonchev–Trinajstić information content (AvgIpc) is 3.04. The van der Waals surface area contributed by atoms with Crippen LogP contribution in [0.25, 0.3) is 0 Å². The normalized spacial score (nSPS) is 12.7. The van der Waals surface area contributed by atoms with Crippen molar-refractivity contribution in [3.8, 4) is 0 Å². The van der Waals surface area contributed by atoms with E-state index in [1.165, 1.54) is 16.8 Å². The molecule has 0 aliphatic carbocycles. The van der Waals surface area contributed by atoms with Crippen molar-refractivity contribution in [1.29, 1.82) is 0 Å². The van der Waals surface area contributed by atoms with Crippen LogP contribution in [0.4, 0.5) is 11.4 Å². The predicted molar refractivity (Wildman–Crippen MR) is 112 cm³/mol. The second-order valence-electron chi connectivity index (χ2n) is 7.33. The smallest absolute Gasteiger partial charge is 0.255 e. The Morgan fingerprint density at radius 3 is 2.41 bits per heavy atom. The third kappa shape index (κ3) is 3.87. The predicted octanol–water partition coefficient (Wildman–Crippen LogP) is 5.12. The van der Waals surface area contributed by atoms with Gasteiger partial charge in [-0.05, 0) is 72.9 Å². The van der Waals surface area contributed by atoms with E-state index in [2.05, 4.69) is 52.7 Å². The second-order valence-corrected chi connectivity index (χ2v) is 7.33. The molecule has 0 saturated heterocycles. The summed E-state index contributed by atoms with van der Waals surface area (Å²) < 4.78 is 0. The molecular weight excluding hydrogens is 332 g/mol. The maximum absolute atomic E-state index is 12.5. The van der Waals surface area contributed by atoms with Gasteiger partial charge in [-0.25, -0.2) is 0 Å². The number of aryl methyl sites for hydroxylation is 2. The van der Waals surface area contributed by atoms with Gasteiger partial charge >= 0.3 is 0 Å². The SMILES string of the molecule is Cc1cc(C)cc(NC(=O)c2ccc(CN3CCc4ccccc43)cc2)c1. The number of nitrogens with zero attached hydrogens (tertiary/aromatic N) is 1. The van der Waals surface area contributed by atoms with E-state index in [0.717, 1.165) is 36.3 Å². The standard InChI is InChI=1S/C24H24N2O/c1-17-13-18(2)15-22(14-17)25-24(27)21-9-7-19(8-10-21)16-26-12-11-20-5-3-4-6-23(20)26/h3-10,13-15H,11-12,16H2,1-2H3,(H,25,27). The number of rotatable bonds is 4. The van der Waals surface area contributed by atoms with Gasteiger partial charge in [0.05, 0.1) is 0 Å². The molecule has 0 aromatic heterocycles. The molecule has 3 heteroatoms. The van der Waals surface area contributed by atoms with Crippen molar-refractivity contribution >= 4 is 17.3 Å². The van der Waals surface area contributed by atoms with Crippen molar-refractivity contribution in [2.24, 2.45) is 0 Å². The van der Waals surface area contributed by atoms with Gasteiger partial charge in [-0.1, -0.05) is 36.4 Å². The van der Waals surface area contributed by atoms with E-state index >= 15 is 0 Å². The summed E-state index contributed by atoms with van der Waals surface area (Å²) in [5.41, 5.74) is 7.78. The molecule has 0 fully saturated rings. The van der Waals surface area contributed by atoms with Crippen LogP contribution >= 0.6 is 0 Å². The summed E-state index contributed by atoms with van der Waals surface area (Å²) in [6, 6.07) is 22.6. The average molecular weight is 356 g/mol. The van der Waals surface area contributed by atoms with E-state index in [1.54, 1.807) is 0 Å². The molecular formula is C24H24N2O. The third-order valence-electron chi connectivity index (χ3n) is 5.05. The summed E-state index contributed by atoms with van der Waals surface area (Å²) in [4.78, 5) is 14.9. The van der Waals surface area contributed by atoms with Crippen LogP contribution in [0.3, 0.4) is 0 Å². The van der Waals surface area contributed by atoms with Crippen molar-refractivity contribution < 1.29 is 4.79 Å². The highest BCUT2D eigenvalue weighted by Gasteiger charge is 2.18. The molecule has 0 spiro atoms. The lowest BCUT2D eigenvalue weighted by atomic mass is 10.1. The fraction of sp³-hybridized carbons (Fsp3) is 0.208. The Bertz CT molecular complexity index is 956. The quantitative estimate of drug-likeness (QED) is 0.704. The van der Waals surface area contributed by atoms with Crippen LogP contribution in [0.2, 0.25) is 0 Å². The minimum atomic E-state index is -0.0712. The number of carbonyl (C=O) groups is 1. The molecule has 3 aromatic carbocycles. The number of fused-ring (bicyclic) bond motifs is 1. The number of hydrogen-bond donors (Lipinski definition) is 1. The number of nitrogens with one attached hydrogen (secondary N) is 1. The van der Waals surface area contributed by atoms with Gasteiger partial charge in [-0.3, -0.25) is 4.79 Å². The van der Waals surface area contributed by atoms with Gasteiger partial charge in [0.15, 0.2) is 0 Å². The lowest BCUT2D eigenvalue weighted by molar-refractivity contribution is 0.102. The second kappa shape index (κ2) is 7.28. The number of amides is 1. The minimum absolute atomic E-state index is 0.0712. The van der Waals surface area contributed by atoms with Crippen LogP contribution in [0.15, 0.2) is 66.7 Å². The zero-order valence-corrected chi connectivity index (χ0v) is 15.8. The maximum Gasteiger partial charge on any atom is 0.255 e. The number of para-hydroxylation sites is 1. The molecule has 1 heterocycles. The summed E-state index contributed by atoms with van der Waals surface area (Å²) in [5.74, 6) is -0.0712. The number of anilines is 2. The minimum Gasteiger partial charge on any atom is -0.367 e. The third-order valence-corrected chi connectivity index (χ3v) is 5.05. The Hall–Kier alpha value is -3.07. The van der Waals surface area contributed by atoms with Crippen LogP contribution in [0.5, 0.6) is 0 Å². The monoisotopic (exact) mass is 356 g/mol. The fourth-order valence-corrected chi connectivity index (χ4v) is 3.80. The Kier molecular flexibility index (Phi) is 4.68. The Morgan fingerprint density at radius 1 is 0.963 bits per heavy atom. The van der Waals surface area contributed by atoms with Gasteiger partial charge in [0.2, 0.25) is 0 Å². The van der Waals surface area contributed by atoms with Crippen LogP contribution < -0.4 is 10.2 Å². The molecule has 0 unspecified atom stereocenters. The van der Waals surface area contributed by atoms with Gasteiger partial charge in [0, 0.05) is 30.0 Å². The van der Waals surface area contributed by atoms with E-state index in [4.69, 9.17) is 0 Å². The highest BCUT2D eigenvalue weighted by Crippen LogP contribution is 2.28. The number of hydrogen-bond acceptors (Lipinski definition) is 2. The van der Waals surface area contributed by atoms with Gasteiger partial charge in [-0.15, -0.1) is 0 Å². The molecule has 1 aliphatic heterocycles. The molecule has 0 bridgehead atoms. The molecule has 1 aliphatic rings. The van der Waals surface area contributed by atoms with E-state index in [9.17, 15) is 4.79 Å². The van der Waals surface area contributed by atoms with Gasteiger partial charge in [-0.2, -0.15) is 0 Å². The van der Waals surface area contributed by atoms with Crippen LogP contribution in [-0.2, 0) is 13.0 Å². The first-order chi connectivity index (χ1) is 13.1. The highest BCUT2D eigenvalue weighted by atomic mass is 16.1. The first-order valence-corrected chi connectivity index (χ1v) is 9.40. The molecule has 0 atom stereocenters. The van der Waals surface area contributed by atoms with Crippen LogP contribution in [0.1, 0.15) is 32.6 Å². The van der Waals surface area contributed by atoms with Crippen LogP contribution in [-0.4, -0.2) is 12.5 Å². The zero-order chi connectivity index (χ0) is 18.8. The Morgan fingerprint density at radius 2 is 1.67 bits per heavy atom. The maximum atomic E-state index is 12.5. The van der Waals surface area contributed by atoms with Crippen molar-refractivity contribution in [2.75, 3.05) is 16.8 Å². The van der Waals surface area contributed by atoms with Gasteiger partial charge in [0.25, 0.3) is 5.91 Å². The molecule has 136 valence electrons. The first kappa shape index (κ1) is 17.3. The topological polar surface area (TPSA) is 32.3 Å². The Balaban J connectivity index is 1.44. The van der Waals surface area contributed by atoms with Crippen LogP contribution in [0, 0.1) is 13.8 Å². The largest absolute Gasteiger partial charge is 0.367 e. The van der Waals surface area contributed by atoms with E-state index in [0.29, 0.717) is 5.56 Å².